The van der Waals surface area contributed by atoms with Crippen molar-refractivity contribution in [2.45, 2.75) is 44.9 Å². The SMILES string of the molecule is Cc1c(CO)cc([N+](=O)[O-])c(NC2CC(=O)N(C3CC3)C2)c1[N+](=O)[O-]. The van der Waals surface area contributed by atoms with Crippen LogP contribution in [0.1, 0.15) is 30.4 Å². The van der Waals surface area contributed by atoms with Crippen LogP contribution < -0.4 is 5.32 Å². The van der Waals surface area contributed by atoms with Gasteiger partial charge in [-0.15, -0.1) is 0 Å². The maximum Gasteiger partial charge on any atom is 0.302 e. The first kappa shape index (κ1) is 17.1. The minimum atomic E-state index is -0.719. The molecule has 1 atom stereocenters. The van der Waals surface area contributed by atoms with E-state index in [0.29, 0.717) is 6.54 Å². The highest BCUT2D eigenvalue weighted by Crippen LogP contribution is 2.41. The van der Waals surface area contributed by atoms with Crippen molar-refractivity contribution in [3.05, 3.63) is 37.4 Å². The monoisotopic (exact) mass is 350 g/mol. The molecule has 0 aromatic heterocycles. The minimum Gasteiger partial charge on any atom is -0.392 e. The lowest BCUT2D eigenvalue weighted by Gasteiger charge is -2.18. The van der Waals surface area contributed by atoms with Crippen molar-refractivity contribution in [3.63, 3.8) is 0 Å². The van der Waals surface area contributed by atoms with Crippen molar-refractivity contribution in [1.82, 2.24) is 4.90 Å². The smallest absolute Gasteiger partial charge is 0.302 e. The summed E-state index contributed by atoms with van der Waals surface area (Å²) in [4.78, 5) is 35.2. The number of nitrogens with zero attached hydrogens (tertiary/aromatic N) is 3. The standard InChI is InChI=1S/C15H18N4O6/c1-8-9(7-20)4-12(18(22)23)14(15(8)19(24)25)16-10-5-13(21)17(6-10)11-2-3-11/h4,10-11,16,20H,2-3,5-7H2,1H3. The molecule has 1 aromatic carbocycles. The van der Waals surface area contributed by atoms with Crippen LogP contribution in [-0.4, -0.2) is 44.4 Å². The Morgan fingerprint density at radius 1 is 1.32 bits per heavy atom. The topological polar surface area (TPSA) is 139 Å². The van der Waals surface area contributed by atoms with E-state index in [-0.39, 0.29) is 35.2 Å². The lowest BCUT2D eigenvalue weighted by atomic mass is 10.0. The number of carbonyl (C=O) groups is 1. The Balaban J connectivity index is 1.99. The first-order valence-electron chi connectivity index (χ1n) is 7.95. The molecule has 2 aliphatic rings. The van der Waals surface area contributed by atoms with Gasteiger partial charge in [0.2, 0.25) is 5.91 Å². The number of aliphatic hydroxyl groups excluding tert-OH is 1. The number of likely N-dealkylation sites (tertiary alicyclic amines) is 1. The fourth-order valence-corrected chi connectivity index (χ4v) is 3.26. The summed E-state index contributed by atoms with van der Waals surface area (Å²) in [6.45, 7) is 1.28. The van der Waals surface area contributed by atoms with Gasteiger partial charge in [0.15, 0.2) is 5.69 Å². The van der Waals surface area contributed by atoms with Crippen molar-refractivity contribution in [1.29, 1.82) is 0 Å². The van der Waals surface area contributed by atoms with Gasteiger partial charge in [0.1, 0.15) is 0 Å². The first-order chi connectivity index (χ1) is 11.8. The van der Waals surface area contributed by atoms with Crippen molar-refractivity contribution < 1.29 is 19.7 Å². The maximum atomic E-state index is 12.0. The summed E-state index contributed by atoms with van der Waals surface area (Å²) in [5.41, 5.74) is -0.815. The third-order valence-electron chi connectivity index (χ3n) is 4.68. The number of hydrogen-bond donors (Lipinski definition) is 2. The van der Waals surface area contributed by atoms with Crippen molar-refractivity contribution in [3.8, 4) is 0 Å². The van der Waals surface area contributed by atoms with Crippen LogP contribution in [0.3, 0.4) is 0 Å². The van der Waals surface area contributed by atoms with E-state index in [0.717, 1.165) is 18.9 Å². The zero-order valence-electron chi connectivity index (χ0n) is 13.6. The summed E-state index contributed by atoms with van der Waals surface area (Å²) >= 11 is 0. The molecule has 2 fully saturated rings. The van der Waals surface area contributed by atoms with E-state index in [9.17, 15) is 30.1 Å². The van der Waals surface area contributed by atoms with Gasteiger partial charge in [0.25, 0.3) is 5.69 Å². The van der Waals surface area contributed by atoms with Crippen LogP contribution in [0.2, 0.25) is 0 Å². The number of nitro benzene ring substituents is 2. The largest absolute Gasteiger partial charge is 0.392 e. The van der Waals surface area contributed by atoms with Crippen LogP contribution in [0, 0.1) is 27.2 Å². The molecule has 1 aliphatic carbocycles. The van der Waals surface area contributed by atoms with E-state index in [1.54, 1.807) is 4.90 Å². The van der Waals surface area contributed by atoms with Crippen LogP contribution in [0.4, 0.5) is 17.1 Å². The number of anilines is 1. The van der Waals surface area contributed by atoms with E-state index in [4.69, 9.17) is 0 Å². The predicted octanol–water partition coefficient (Wildman–Crippen LogP) is 1.48. The fraction of sp³-hybridized carbons (Fsp3) is 0.533. The zero-order chi connectivity index (χ0) is 18.3. The lowest BCUT2D eigenvalue weighted by Crippen LogP contribution is -2.30. The van der Waals surface area contributed by atoms with Crippen LogP contribution in [0.5, 0.6) is 0 Å². The van der Waals surface area contributed by atoms with Gasteiger partial charge in [-0.25, -0.2) is 0 Å². The van der Waals surface area contributed by atoms with Crippen molar-refractivity contribution >= 4 is 23.0 Å². The number of aliphatic hydroxyl groups is 1. The number of rotatable bonds is 6. The van der Waals surface area contributed by atoms with Crippen LogP contribution in [0.25, 0.3) is 0 Å². The van der Waals surface area contributed by atoms with Gasteiger partial charge in [-0.3, -0.25) is 25.0 Å². The molecular formula is C15H18N4O6. The Bertz CT molecular complexity index is 761. The van der Waals surface area contributed by atoms with Gasteiger partial charge >= 0.3 is 5.69 Å². The van der Waals surface area contributed by atoms with E-state index in [1.165, 1.54) is 6.92 Å². The summed E-state index contributed by atoms with van der Waals surface area (Å²) in [7, 11) is 0. The molecule has 1 heterocycles. The zero-order valence-corrected chi connectivity index (χ0v) is 13.6. The molecule has 1 amide bonds. The summed E-state index contributed by atoms with van der Waals surface area (Å²) in [6.07, 6.45) is 2.04. The Labute approximate surface area is 142 Å². The number of amides is 1. The molecule has 1 aromatic rings. The summed E-state index contributed by atoms with van der Waals surface area (Å²) < 4.78 is 0. The molecule has 0 radical (unpaired) electrons. The van der Waals surface area contributed by atoms with E-state index in [1.807, 2.05) is 0 Å². The molecule has 25 heavy (non-hydrogen) atoms. The highest BCUT2D eigenvalue weighted by molar-refractivity contribution is 5.83. The molecule has 1 saturated carbocycles. The average molecular weight is 350 g/mol. The normalized spacial score (nSPS) is 20.0. The van der Waals surface area contributed by atoms with Gasteiger partial charge in [0.05, 0.1) is 22.5 Å². The Kier molecular flexibility index (Phi) is 4.29. The predicted molar refractivity (Wildman–Crippen MR) is 87.2 cm³/mol. The van der Waals surface area contributed by atoms with E-state index >= 15 is 0 Å². The molecule has 1 saturated heterocycles. The average Bonchev–Trinajstić information content (AvgIpc) is 3.31. The second-order valence-corrected chi connectivity index (χ2v) is 6.40. The number of nitro groups is 2. The molecule has 10 nitrogen and oxygen atoms in total. The fourth-order valence-electron chi connectivity index (χ4n) is 3.26. The van der Waals surface area contributed by atoms with Gasteiger partial charge in [-0.05, 0) is 25.3 Å². The van der Waals surface area contributed by atoms with Crippen LogP contribution >= 0.6 is 0 Å². The second kappa shape index (κ2) is 6.28. The van der Waals surface area contributed by atoms with E-state index < -0.39 is 33.9 Å². The van der Waals surface area contributed by atoms with Crippen LogP contribution in [-0.2, 0) is 11.4 Å². The number of hydrogen-bond acceptors (Lipinski definition) is 7. The Morgan fingerprint density at radius 2 is 2.00 bits per heavy atom. The highest BCUT2D eigenvalue weighted by atomic mass is 16.6. The van der Waals surface area contributed by atoms with Gasteiger partial charge < -0.3 is 15.3 Å². The molecule has 1 unspecified atom stereocenters. The number of nitrogens with one attached hydrogen (secondary N) is 1. The third kappa shape index (κ3) is 3.12. The summed E-state index contributed by atoms with van der Waals surface area (Å²) in [5.74, 6) is -0.0472. The quantitative estimate of drug-likeness (QED) is 0.585. The van der Waals surface area contributed by atoms with Gasteiger partial charge in [0, 0.05) is 30.6 Å². The Hall–Kier alpha value is -2.75. The maximum absolute atomic E-state index is 12.0. The van der Waals surface area contributed by atoms with Crippen molar-refractivity contribution in [2.24, 2.45) is 0 Å². The molecule has 3 rings (SSSR count). The minimum absolute atomic E-state index is 0.0472. The van der Waals surface area contributed by atoms with Gasteiger partial charge in [-0.2, -0.15) is 0 Å². The molecule has 1 aliphatic heterocycles. The molecule has 0 spiro atoms. The van der Waals surface area contributed by atoms with Crippen LogP contribution in [0.15, 0.2) is 6.07 Å². The summed E-state index contributed by atoms with van der Waals surface area (Å²) in [6, 6.07) is 0.938. The molecular weight excluding hydrogens is 332 g/mol. The first-order valence-corrected chi connectivity index (χ1v) is 7.95. The molecule has 2 N–H and O–H groups in total. The lowest BCUT2D eigenvalue weighted by molar-refractivity contribution is -0.392. The number of benzene rings is 1. The molecule has 10 heteroatoms. The molecule has 0 bridgehead atoms. The Morgan fingerprint density at radius 3 is 2.52 bits per heavy atom. The second-order valence-electron chi connectivity index (χ2n) is 6.40. The van der Waals surface area contributed by atoms with E-state index in [2.05, 4.69) is 5.32 Å². The van der Waals surface area contributed by atoms with Gasteiger partial charge in [-0.1, -0.05) is 0 Å². The molecule has 134 valence electrons. The van der Waals surface area contributed by atoms with Crippen molar-refractivity contribution in [2.75, 3.05) is 11.9 Å². The highest BCUT2D eigenvalue weighted by Gasteiger charge is 2.41. The summed E-state index contributed by atoms with van der Waals surface area (Å²) in [5, 5.41) is 35.0. The number of carbonyl (C=O) groups excluding carboxylic acids is 1. The third-order valence-corrected chi connectivity index (χ3v) is 4.68.